The minimum absolute atomic E-state index is 0.874. The lowest BCUT2D eigenvalue weighted by molar-refractivity contribution is 0.670. The summed E-state index contributed by atoms with van der Waals surface area (Å²) in [6, 6.07) is 76.8. The largest absolute Gasteiger partial charge is 0.455 e. The Morgan fingerprint density at radius 3 is 1.64 bits per heavy atom. The van der Waals surface area contributed by atoms with Gasteiger partial charge in [-0.2, -0.15) is 0 Å². The normalized spacial score (nSPS) is 11.7. The SMILES string of the molecule is c1ccc(-c2ccc(N(c3ccc(-c4cccc5c4sc4c(-c6ccccc6)cccc45)cc3)c3ccc4c(ccc5ccccc54)c3)c3c2oc2ccccc23)cc1. The summed E-state index contributed by atoms with van der Waals surface area (Å²) in [6.45, 7) is 0. The lowest BCUT2D eigenvalue weighted by atomic mass is 9.98. The topological polar surface area (TPSA) is 16.4 Å². The number of para-hydroxylation sites is 1. The zero-order valence-electron chi connectivity index (χ0n) is 32.0. The Morgan fingerprint density at radius 2 is 0.915 bits per heavy atom. The van der Waals surface area contributed by atoms with Crippen LogP contribution in [0.4, 0.5) is 17.1 Å². The van der Waals surface area contributed by atoms with Crippen molar-refractivity contribution in [2.24, 2.45) is 0 Å². The molecule has 276 valence electrons. The molecule has 59 heavy (non-hydrogen) atoms. The minimum Gasteiger partial charge on any atom is -0.455 e. The van der Waals surface area contributed by atoms with Gasteiger partial charge < -0.3 is 9.32 Å². The zero-order chi connectivity index (χ0) is 38.9. The maximum Gasteiger partial charge on any atom is 0.145 e. The summed E-state index contributed by atoms with van der Waals surface area (Å²) in [5.74, 6) is 0. The third-order valence-corrected chi connectivity index (χ3v) is 13.2. The number of thiophene rings is 1. The van der Waals surface area contributed by atoms with Crippen LogP contribution in [0.5, 0.6) is 0 Å². The molecule has 0 N–H and O–H groups in total. The Labute approximate surface area is 345 Å². The molecule has 2 aromatic heterocycles. The third-order valence-electron chi connectivity index (χ3n) is 11.9. The molecule has 0 saturated heterocycles. The van der Waals surface area contributed by atoms with Crippen LogP contribution in [-0.4, -0.2) is 0 Å². The molecule has 3 heteroatoms. The van der Waals surface area contributed by atoms with E-state index in [0.29, 0.717) is 0 Å². The molecule has 2 heterocycles. The van der Waals surface area contributed by atoms with Crippen LogP contribution in [0.25, 0.3) is 97.0 Å². The highest BCUT2D eigenvalue weighted by atomic mass is 32.1. The lowest BCUT2D eigenvalue weighted by Crippen LogP contribution is -2.10. The van der Waals surface area contributed by atoms with Gasteiger partial charge >= 0.3 is 0 Å². The minimum atomic E-state index is 0.874. The Balaban J connectivity index is 1.06. The highest BCUT2D eigenvalue weighted by Crippen LogP contribution is 2.48. The number of hydrogen-bond donors (Lipinski definition) is 0. The van der Waals surface area contributed by atoms with Crippen LogP contribution in [0.15, 0.2) is 217 Å². The predicted octanol–water partition coefficient (Wildman–Crippen LogP) is 16.7. The van der Waals surface area contributed by atoms with Gasteiger partial charge in [0.05, 0.1) is 11.1 Å². The molecule has 0 spiro atoms. The van der Waals surface area contributed by atoms with E-state index in [4.69, 9.17) is 4.42 Å². The van der Waals surface area contributed by atoms with E-state index in [-0.39, 0.29) is 0 Å². The van der Waals surface area contributed by atoms with E-state index in [0.717, 1.165) is 50.1 Å². The Morgan fingerprint density at radius 1 is 0.356 bits per heavy atom. The van der Waals surface area contributed by atoms with Gasteiger partial charge in [-0.25, -0.2) is 0 Å². The van der Waals surface area contributed by atoms with Crippen LogP contribution < -0.4 is 4.90 Å². The van der Waals surface area contributed by atoms with Gasteiger partial charge in [-0.15, -0.1) is 11.3 Å². The summed E-state index contributed by atoms with van der Waals surface area (Å²) in [5.41, 5.74) is 12.1. The van der Waals surface area contributed by atoms with Crippen LogP contribution in [-0.2, 0) is 0 Å². The second-order valence-corrected chi connectivity index (χ2v) is 16.2. The second kappa shape index (κ2) is 13.6. The highest BCUT2D eigenvalue weighted by molar-refractivity contribution is 7.26. The number of anilines is 3. The molecule has 0 saturated carbocycles. The second-order valence-electron chi connectivity index (χ2n) is 15.2. The summed E-state index contributed by atoms with van der Waals surface area (Å²) in [6.07, 6.45) is 0. The van der Waals surface area contributed by atoms with Crippen molar-refractivity contribution in [3.63, 3.8) is 0 Å². The number of rotatable bonds is 6. The molecule has 0 bridgehead atoms. The summed E-state index contributed by atoms with van der Waals surface area (Å²) < 4.78 is 9.40. The number of nitrogens with zero attached hydrogens (tertiary/aromatic N) is 1. The van der Waals surface area contributed by atoms with Crippen molar-refractivity contribution in [2.75, 3.05) is 4.90 Å². The van der Waals surface area contributed by atoms with Crippen molar-refractivity contribution in [3.05, 3.63) is 212 Å². The molecule has 10 aromatic carbocycles. The number of fused-ring (bicyclic) bond motifs is 9. The molecule has 0 radical (unpaired) electrons. The Bertz CT molecular complexity index is 3550. The molecule has 12 rings (SSSR count). The Kier molecular flexibility index (Phi) is 7.75. The maximum atomic E-state index is 6.77. The van der Waals surface area contributed by atoms with Gasteiger partial charge in [0.2, 0.25) is 0 Å². The fraction of sp³-hybridized carbons (Fsp3) is 0. The first-order chi connectivity index (χ1) is 29.3. The van der Waals surface area contributed by atoms with E-state index >= 15 is 0 Å². The third kappa shape index (κ3) is 5.47. The van der Waals surface area contributed by atoms with Crippen LogP contribution in [0, 0.1) is 0 Å². The maximum absolute atomic E-state index is 6.77. The van der Waals surface area contributed by atoms with Crippen molar-refractivity contribution in [2.45, 2.75) is 0 Å². The van der Waals surface area contributed by atoms with Crippen LogP contribution in [0.2, 0.25) is 0 Å². The predicted molar refractivity (Wildman–Crippen MR) is 253 cm³/mol. The molecule has 0 aliphatic heterocycles. The van der Waals surface area contributed by atoms with Gasteiger partial charge in [0.25, 0.3) is 0 Å². The smallest absolute Gasteiger partial charge is 0.145 e. The standard InChI is InChI=1S/C56H35NOS/c1-3-13-36(14-4-1)45-33-34-51(53-50-19-9-10-24-52(50)58-54(45)53)57(42-31-32-44-40(35-42)26-25-38-17-7-8-18-43(38)44)41-29-27-39(28-30-41)47-21-12-23-49-48-22-11-20-46(55(48)59-56(47)49)37-15-5-2-6-16-37/h1-35H. The van der Waals surface area contributed by atoms with Crippen LogP contribution in [0.1, 0.15) is 0 Å². The molecule has 0 amide bonds. The molecule has 0 aliphatic rings. The van der Waals surface area contributed by atoms with Gasteiger partial charge in [-0.05, 0) is 91.8 Å². The van der Waals surface area contributed by atoms with Crippen molar-refractivity contribution >= 4 is 92.1 Å². The fourth-order valence-electron chi connectivity index (χ4n) is 9.09. The number of benzene rings is 10. The first-order valence-corrected chi connectivity index (χ1v) is 20.9. The summed E-state index contributed by atoms with van der Waals surface area (Å²) in [7, 11) is 0. The van der Waals surface area contributed by atoms with Crippen molar-refractivity contribution in [1.82, 2.24) is 0 Å². The van der Waals surface area contributed by atoms with Gasteiger partial charge in [-0.3, -0.25) is 0 Å². The van der Waals surface area contributed by atoms with E-state index in [1.54, 1.807) is 0 Å². The van der Waals surface area contributed by atoms with Gasteiger partial charge in [0.1, 0.15) is 11.2 Å². The first kappa shape index (κ1) is 33.7. The van der Waals surface area contributed by atoms with Gasteiger partial charge in [0, 0.05) is 42.5 Å². The monoisotopic (exact) mass is 769 g/mol. The molecular formula is C56H35NOS. The quantitative estimate of drug-likeness (QED) is 0.157. The molecule has 0 unspecified atom stereocenters. The molecule has 0 fully saturated rings. The summed E-state index contributed by atoms with van der Waals surface area (Å²) in [5, 5.41) is 9.72. The fourth-order valence-corrected chi connectivity index (χ4v) is 10.5. The highest BCUT2D eigenvalue weighted by Gasteiger charge is 2.23. The number of furan rings is 1. The Hall–Kier alpha value is -7.46. The average molecular weight is 770 g/mol. The zero-order valence-corrected chi connectivity index (χ0v) is 32.8. The van der Waals surface area contributed by atoms with Crippen LogP contribution in [0.3, 0.4) is 0 Å². The molecule has 0 aliphatic carbocycles. The lowest BCUT2D eigenvalue weighted by Gasteiger charge is -2.27. The summed E-state index contributed by atoms with van der Waals surface area (Å²) in [4.78, 5) is 2.41. The average Bonchev–Trinajstić information content (AvgIpc) is 3.89. The van der Waals surface area contributed by atoms with Crippen LogP contribution >= 0.6 is 11.3 Å². The van der Waals surface area contributed by atoms with Crippen molar-refractivity contribution in [1.29, 1.82) is 0 Å². The van der Waals surface area contributed by atoms with E-state index in [2.05, 4.69) is 217 Å². The van der Waals surface area contributed by atoms with E-state index in [9.17, 15) is 0 Å². The molecule has 0 atom stereocenters. The molecule has 2 nitrogen and oxygen atoms in total. The van der Waals surface area contributed by atoms with E-state index < -0.39 is 0 Å². The summed E-state index contributed by atoms with van der Waals surface area (Å²) >= 11 is 1.89. The van der Waals surface area contributed by atoms with E-state index in [1.165, 1.54) is 64.0 Å². The molecule has 12 aromatic rings. The van der Waals surface area contributed by atoms with Gasteiger partial charge in [0.15, 0.2) is 0 Å². The van der Waals surface area contributed by atoms with Crippen molar-refractivity contribution in [3.8, 4) is 33.4 Å². The van der Waals surface area contributed by atoms with Gasteiger partial charge in [-0.1, -0.05) is 170 Å². The molecular weight excluding hydrogens is 735 g/mol. The van der Waals surface area contributed by atoms with Crippen molar-refractivity contribution < 1.29 is 4.42 Å². The number of hydrogen-bond acceptors (Lipinski definition) is 3. The van der Waals surface area contributed by atoms with E-state index in [1.807, 2.05) is 11.3 Å². The first-order valence-electron chi connectivity index (χ1n) is 20.1.